The lowest BCUT2D eigenvalue weighted by Gasteiger charge is -2.62. The minimum Gasteiger partial charge on any atom is -0.393 e. The molecule has 0 aromatic heterocycles. The second-order valence-electron chi connectivity index (χ2n) is 13.0. The molecule has 200 valence electrons. The average molecular weight is 497 g/mol. The maximum absolute atomic E-state index is 13.3. The molecule has 3 saturated carbocycles. The van der Waals surface area contributed by atoms with Crippen LogP contribution < -0.4 is 0 Å². The molecule has 7 N–H and O–H groups in total. The van der Waals surface area contributed by atoms with Gasteiger partial charge in [-0.15, -0.1) is 0 Å². The molecule has 0 bridgehead atoms. The molecule has 0 spiro atoms. The van der Waals surface area contributed by atoms with Gasteiger partial charge in [-0.1, -0.05) is 13.8 Å². The van der Waals surface area contributed by atoms with Crippen molar-refractivity contribution < 1.29 is 40.5 Å². The summed E-state index contributed by atoms with van der Waals surface area (Å²) in [7, 11) is 0. The van der Waals surface area contributed by atoms with E-state index >= 15 is 0 Å². The van der Waals surface area contributed by atoms with Gasteiger partial charge in [-0.05, 0) is 88.7 Å². The van der Waals surface area contributed by atoms with E-state index in [1.54, 1.807) is 6.92 Å². The van der Waals surface area contributed by atoms with Crippen molar-refractivity contribution in [2.45, 2.75) is 120 Å². The molecule has 4 aliphatic carbocycles. The fourth-order valence-electron chi connectivity index (χ4n) is 8.31. The number of hydrogen-bond acceptors (Lipinski definition) is 8. The number of ketones is 1. The van der Waals surface area contributed by atoms with Gasteiger partial charge in [0.05, 0.1) is 35.6 Å². The van der Waals surface area contributed by atoms with Crippen molar-refractivity contribution in [1.82, 2.24) is 0 Å². The molecule has 0 aromatic rings. The van der Waals surface area contributed by atoms with E-state index in [1.807, 2.05) is 13.8 Å². The molecule has 0 saturated heterocycles. The minimum absolute atomic E-state index is 0.000541. The van der Waals surface area contributed by atoms with Gasteiger partial charge in [0, 0.05) is 17.3 Å². The highest BCUT2D eigenvalue weighted by atomic mass is 16.3. The number of aliphatic hydroxyl groups excluding tert-OH is 3. The molecule has 0 heterocycles. The maximum Gasteiger partial charge on any atom is 0.187 e. The summed E-state index contributed by atoms with van der Waals surface area (Å²) in [5.41, 5.74) is -6.92. The molecule has 0 aromatic carbocycles. The summed E-state index contributed by atoms with van der Waals surface area (Å²) in [5.74, 6) is -1.15. The quantitative estimate of drug-likeness (QED) is 0.287. The maximum atomic E-state index is 13.3. The monoisotopic (exact) mass is 496 g/mol. The zero-order valence-corrected chi connectivity index (χ0v) is 21.5. The first-order chi connectivity index (χ1) is 16.0. The van der Waals surface area contributed by atoms with Crippen LogP contribution in [-0.4, -0.2) is 82.7 Å². The van der Waals surface area contributed by atoms with Crippen LogP contribution in [0.5, 0.6) is 0 Å². The summed E-state index contributed by atoms with van der Waals surface area (Å²) in [6.07, 6.45) is 2.63. The zero-order chi connectivity index (χ0) is 26.2. The summed E-state index contributed by atoms with van der Waals surface area (Å²) < 4.78 is 0. The first kappa shape index (κ1) is 27.2. The highest BCUT2D eigenvalue weighted by Crippen LogP contribution is 2.69. The third kappa shape index (κ3) is 3.70. The predicted octanol–water partition coefficient (Wildman–Crippen LogP) is 0.970. The van der Waals surface area contributed by atoms with Crippen molar-refractivity contribution in [3.63, 3.8) is 0 Å². The Balaban J connectivity index is 1.66. The summed E-state index contributed by atoms with van der Waals surface area (Å²) in [6, 6.07) is 0. The summed E-state index contributed by atoms with van der Waals surface area (Å²) in [5, 5.41) is 75.9. The predicted molar refractivity (Wildman–Crippen MR) is 128 cm³/mol. The Hall–Kier alpha value is -0.870. The molecule has 4 aliphatic rings. The standard InChI is InChI=1S/C27H44O8/c1-22(32,15-28)9-8-20(30)25(4,33)19-7-12-26(34)18-13-21(31)27(35)14-16(29)5-10-23(27,2)17(18)6-11-24(19,26)3/h13,16-17,19-20,28-30,32-35H,5-12,14-15H2,1-4H3. The molecular weight excluding hydrogens is 452 g/mol. The molecule has 10 unspecified atom stereocenters. The Kier molecular flexibility index (Phi) is 6.46. The van der Waals surface area contributed by atoms with Gasteiger partial charge < -0.3 is 35.7 Å². The van der Waals surface area contributed by atoms with E-state index in [-0.39, 0.29) is 25.2 Å². The molecule has 8 heteroatoms. The van der Waals surface area contributed by atoms with Crippen LogP contribution in [0.25, 0.3) is 0 Å². The largest absolute Gasteiger partial charge is 0.393 e. The van der Waals surface area contributed by atoms with Crippen LogP contribution in [0.2, 0.25) is 0 Å². The first-order valence-electron chi connectivity index (χ1n) is 13.1. The molecular formula is C27H44O8. The Morgan fingerprint density at radius 2 is 1.66 bits per heavy atom. The second-order valence-corrected chi connectivity index (χ2v) is 13.0. The first-order valence-corrected chi connectivity index (χ1v) is 13.1. The van der Waals surface area contributed by atoms with Gasteiger partial charge in [-0.2, -0.15) is 0 Å². The highest BCUT2D eigenvalue weighted by molar-refractivity contribution is 6.00. The normalized spacial score (nSPS) is 47.6. The Morgan fingerprint density at radius 3 is 2.29 bits per heavy atom. The van der Waals surface area contributed by atoms with E-state index in [4.69, 9.17) is 0 Å². The third-order valence-electron chi connectivity index (χ3n) is 10.9. The van der Waals surface area contributed by atoms with Crippen LogP contribution in [0.15, 0.2) is 11.6 Å². The smallest absolute Gasteiger partial charge is 0.187 e. The molecule has 8 nitrogen and oxygen atoms in total. The fraction of sp³-hybridized carbons (Fsp3) is 0.889. The van der Waals surface area contributed by atoms with Gasteiger partial charge in [0.2, 0.25) is 0 Å². The van der Waals surface area contributed by atoms with Crippen molar-refractivity contribution >= 4 is 5.78 Å². The lowest BCUT2D eigenvalue weighted by Crippen LogP contribution is -2.67. The van der Waals surface area contributed by atoms with E-state index in [9.17, 15) is 40.5 Å². The zero-order valence-electron chi connectivity index (χ0n) is 21.5. The van der Waals surface area contributed by atoms with E-state index < -0.39 is 63.8 Å². The van der Waals surface area contributed by atoms with Crippen LogP contribution in [0.3, 0.4) is 0 Å². The van der Waals surface area contributed by atoms with Crippen molar-refractivity contribution in [3.05, 3.63) is 11.6 Å². The second kappa shape index (κ2) is 8.32. The molecule has 4 rings (SSSR count). The molecule has 0 amide bonds. The lowest BCUT2D eigenvalue weighted by molar-refractivity contribution is -0.197. The number of carbonyl (C=O) groups is 1. The number of aliphatic hydroxyl groups is 7. The summed E-state index contributed by atoms with van der Waals surface area (Å²) in [4.78, 5) is 13.3. The lowest BCUT2D eigenvalue weighted by atomic mass is 9.44. The van der Waals surface area contributed by atoms with Gasteiger partial charge in [-0.3, -0.25) is 4.79 Å². The van der Waals surface area contributed by atoms with Crippen molar-refractivity contribution in [2.75, 3.05) is 6.61 Å². The molecule has 0 aliphatic heterocycles. The van der Waals surface area contributed by atoms with Crippen molar-refractivity contribution in [3.8, 4) is 0 Å². The van der Waals surface area contributed by atoms with Crippen LogP contribution in [0.1, 0.15) is 85.5 Å². The highest BCUT2D eigenvalue weighted by Gasteiger charge is 2.71. The van der Waals surface area contributed by atoms with Crippen LogP contribution in [-0.2, 0) is 4.79 Å². The van der Waals surface area contributed by atoms with Crippen molar-refractivity contribution in [2.24, 2.45) is 22.7 Å². The van der Waals surface area contributed by atoms with Crippen LogP contribution in [0, 0.1) is 22.7 Å². The van der Waals surface area contributed by atoms with Gasteiger partial charge in [0.25, 0.3) is 0 Å². The Bertz CT molecular complexity index is 898. The van der Waals surface area contributed by atoms with Gasteiger partial charge in [-0.25, -0.2) is 0 Å². The molecule has 0 radical (unpaired) electrons. The van der Waals surface area contributed by atoms with Gasteiger partial charge in [0.15, 0.2) is 5.78 Å². The van der Waals surface area contributed by atoms with Crippen LogP contribution in [0.4, 0.5) is 0 Å². The molecule has 10 atom stereocenters. The Morgan fingerprint density at radius 1 is 1.03 bits per heavy atom. The number of rotatable bonds is 6. The number of carbonyl (C=O) groups excluding carboxylic acids is 1. The number of hydrogen-bond donors (Lipinski definition) is 7. The average Bonchev–Trinajstić information content (AvgIpc) is 3.06. The summed E-state index contributed by atoms with van der Waals surface area (Å²) >= 11 is 0. The SMILES string of the molecule is CC(O)(CO)CCC(O)C(C)(O)C1CCC2(O)C3=CC(=O)C4(O)CC(O)CCC4(C)C3CCC12C. The fourth-order valence-corrected chi connectivity index (χ4v) is 8.31. The van der Waals surface area contributed by atoms with E-state index in [2.05, 4.69) is 0 Å². The topological polar surface area (TPSA) is 159 Å². The third-order valence-corrected chi connectivity index (χ3v) is 10.9. The Labute approximate surface area is 207 Å². The minimum atomic E-state index is -1.66. The van der Waals surface area contributed by atoms with Gasteiger partial charge in [0.1, 0.15) is 5.60 Å². The van der Waals surface area contributed by atoms with Crippen LogP contribution >= 0.6 is 0 Å². The molecule has 35 heavy (non-hydrogen) atoms. The van der Waals surface area contributed by atoms with E-state index in [1.165, 1.54) is 13.0 Å². The van der Waals surface area contributed by atoms with E-state index in [0.29, 0.717) is 44.1 Å². The van der Waals surface area contributed by atoms with Crippen molar-refractivity contribution in [1.29, 1.82) is 0 Å². The van der Waals surface area contributed by atoms with E-state index in [0.717, 1.165) is 0 Å². The van der Waals surface area contributed by atoms with Gasteiger partial charge >= 0.3 is 0 Å². The number of fused-ring (bicyclic) bond motifs is 5. The molecule has 3 fully saturated rings. The summed E-state index contributed by atoms with van der Waals surface area (Å²) in [6.45, 7) is 6.42.